The number of methoxy groups -OCH3 is 1. The summed E-state index contributed by atoms with van der Waals surface area (Å²) in [5.41, 5.74) is 5.45. The van der Waals surface area contributed by atoms with Gasteiger partial charge in [-0.3, -0.25) is 14.5 Å². The van der Waals surface area contributed by atoms with Crippen molar-refractivity contribution in [3.05, 3.63) is 119 Å². The second-order valence-corrected chi connectivity index (χ2v) is 13.8. The van der Waals surface area contributed by atoms with E-state index in [1.165, 1.54) is 18.7 Å². The van der Waals surface area contributed by atoms with E-state index in [0.717, 1.165) is 74.1 Å². The SMILES string of the molecule is CCCCN(C(=O)c1cn(-c2cc(OC)c(O)cc2C(=O)N2Cc3ccccc3C[C@H]2CN2CCN(C)CC2)c2ccccc12)c1ccccc1. The number of aromatic nitrogens is 1. The lowest BCUT2D eigenvalue weighted by molar-refractivity contribution is 0.0535. The van der Waals surface area contributed by atoms with Gasteiger partial charge in [0.05, 0.1) is 29.4 Å². The van der Waals surface area contributed by atoms with Crippen molar-refractivity contribution in [1.29, 1.82) is 0 Å². The fourth-order valence-electron chi connectivity index (χ4n) is 7.53. The van der Waals surface area contributed by atoms with E-state index in [1.807, 2.05) is 81.2 Å². The number of anilines is 1. The molecule has 9 nitrogen and oxygen atoms in total. The van der Waals surface area contributed by atoms with E-state index < -0.39 is 0 Å². The van der Waals surface area contributed by atoms with Crippen molar-refractivity contribution in [1.82, 2.24) is 19.3 Å². The lowest BCUT2D eigenvalue weighted by Gasteiger charge is -2.41. The molecule has 0 unspecified atom stereocenters. The monoisotopic (exact) mass is 685 g/mol. The molecular formula is C42H47N5O4. The van der Waals surface area contributed by atoms with Gasteiger partial charge in [-0.15, -0.1) is 0 Å². The fourth-order valence-corrected chi connectivity index (χ4v) is 7.53. The van der Waals surface area contributed by atoms with Crippen LogP contribution in [-0.2, 0) is 13.0 Å². The molecule has 1 saturated heterocycles. The molecule has 51 heavy (non-hydrogen) atoms. The van der Waals surface area contributed by atoms with Crippen LogP contribution in [0.15, 0.2) is 97.2 Å². The third-order valence-electron chi connectivity index (χ3n) is 10.5. The van der Waals surface area contributed by atoms with Crippen LogP contribution in [0.4, 0.5) is 5.69 Å². The van der Waals surface area contributed by atoms with Gasteiger partial charge in [0.25, 0.3) is 11.8 Å². The van der Waals surface area contributed by atoms with Crippen LogP contribution in [0.2, 0.25) is 0 Å². The molecule has 1 aromatic heterocycles. The molecule has 4 aromatic carbocycles. The molecule has 5 aromatic rings. The van der Waals surface area contributed by atoms with Crippen LogP contribution in [-0.4, -0.2) is 95.7 Å². The number of ether oxygens (including phenoxy) is 1. The van der Waals surface area contributed by atoms with Crippen molar-refractivity contribution in [2.45, 2.75) is 38.8 Å². The van der Waals surface area contributed by atoms with Crippen LogP contribution in [0, 0.1) is 0 Å². The summed E-state index contributed by atoms with van der Waals surface area (Å²) in [6, 6.07) is 29.1. The topological polar surface area (TPSA) is 81.5 Å². The zero-order chi connectivity index (χ0) is 35.5. The molecule has 2 amide bonds. The van der Waals surface area contributed by atoms with Gasteiger partial charge < -0.3 is 29.1 Å². The summed E-state index contributed by atoms with van der Waals surface area (Å²) in [6.45, 7) is 7.84. The minimum atomic E-state index is -0.170. The van der Waals surface area contributed by atoms with Gasteiger partial charge >= 0.3 is 0 Å². The van der Waals surface area contributed by atoms with Crippen molar-refractivity contribution in [3.63, 3.8) is 0 Å². The number of unbranched alkanes of at least 4 members (excludes halogenated alkanes) is 1. The summed E-state index contributed by atoms with van der Waals surface area (Å²) < 4.78 is 7.51. The first kappa shape index (κ1) is 34.3. The maximum atomic E-state index is 15.0. The number of hydrogen-bond donors (Lipinski definition) is 1. The zero-order valence-electron chi connectivity index (χ0n) is 29.8. The minimum absolute atomic E-state index is 0.0514. The number of carbonyl (C=O) groups is 2. The summed E-state index contributed by atoms with van der Waals surface area (Å²) in [5, 5.41) is 11.9. The highest BCUT2D eigenvalue weighted by atomic mass is 16.5. The van der Waals surface area contributed by atoms with Crippen molar-refractivity contribution in [2.24, 2.45) is 0 Å². The van der Waals surface area contributed by atoms with Crippen molar-refractivity contribution >= 4 is 28.4 Å². The molecule has 1 atom stereocenters. The van der Waals surface area contributed by atoms with Gasteiger partial charge in [0.1, 0.15) is 0 Å². The summed E-state index contributed by atoms with van der Waals surface area (Å²) in [4.78, 5) is 38.1. The van der Waals surface area contributed by atoms with E-state index in [4.69, 9.17) is 4.74 Å². The first-order valence-electron chi connectivity index (χ1n) is 18.0. The number of piperazine rings is 1. The van der Waals surface area contributed by atoms with Gasteiger partial charge in [0.2, 0.25) is 0 Å². The number of para-hydroxylation sites is 2. The Kier molecular flexibility index (Phi) is 10.1. The molecule has 2 aliphatic rings. The van der Waals surface area contributed by atoms with Crippen LogP contribution in [0.1, 0.15) is 51.6 Å². The highest BCUT2D eigenvalue weighted by molar-refractivity contribution is 6.14. The van der Waals surface area contributed by atoms with E-state index in [9.17, 15) is 9.90 Å². The summed E-state index contributed by atoms with van der Waals surface area (Å²) >= 11 is 0. The number of nitrogens with zero attached hydrogens (tertiary/aromatic N) is 5. The van der Waals surface area contributed by atoms with Gasteiger partial charge in [-0.05, 0) is 55.3 Å². The number of phenols is 1. The first-order chi connectivity index (χ1) is 24.9. The van der Waals surface area contributed by atoms with E-state index >= 15 is 4.79 Å². The maximum absolute atomic E-state index is 15.0. The lowest BCUT2D eigenvalue weighted by atomic mass is 9.92. The number of amides is 2. The second kappa shape index (κ2) is 15.0. The molecule has 7 rings (SSSR count). The Morgan fingerprint density at radius 1 is 0.882 bits per heavy atom. The van der Waals surface area contributed by atoms with Gasteiger partial charge in [0, 0.05) is 75.2 Å². The normalized spacial score (nSPS) is 16.6. The molecule has 1 fully saturated rings. The molecule has 1 N–H and O–H groups in total. The number of hydrogen-bond acceptors (Lipinski definition) is 6. The van der Waals surface area contributed by atoms with Crippen LogP contribution in [0.25, 0.3) is 16.6 Å². The Morgan fingerprint density at radius 2 is 1.59 bits per heavy atom. The number of carbonyl (C=O) groups excluding carboxylic acids is 2. The Balaban J connectivity index is 1.32. The van der Waals surface area contributed by atoms with Crippen molar-refractivity contribution in [3.8, 4) is 17.2 Å². The lowest BCUT2D eigenvalue weighted by Crippen LogP contribution is -2.53. The second-order valence-electron chi connectivity index (χ2n) is 13.8. The average molecular weight is 686 g/mol. The predicted octanol–water partition coefficient (Wildman–Crippen LogP) is 6.61. The summed E-state index contributed by atoms with van der Waals surface area (Å²) in [7, 11) is 3.65. The van der Waals surface area contributed by atoms with Crippen molar-refractivity contribution < 1.29 is 19.4 Å². The molecule has 0 bridgehead atoms. The van der Waals surface area contributed by atoms with E-state index in [1.54, 1.807) is 6.07 Å². The number of benzene rings is 4. The van der Waals surface area contributed by atoms with E-state index in [2.05, 4.69) is 42.0 Å². The molecule has 0 radical (unpaired) electrons. The molecule has 0 aliphatic carbocycles. The van der Waals surface area contributed by atoms with Crippen molar-refractivity contribution in [2.75, 3.05) is 58.3 Å². The van der Waals surface area contributed by atoms with Gasteiger partial charge in [0.15, 0.2) is 11.5 Å². The van der Waals surface area contributed by atoms with Gasteiger partial charge in [-0.1, -0.05) is 74.0 Å². The maximum Gasteiger partial charge on any atom is 0.260 e. The molecule has 2 aliphatic heterocycles. The number of fused-ring (bicyclic) bond motifs is 2. The first-order valence-corrected chi connectivity index (χ1v) is 18.0. The predicted molar refractivity (Wildman–Crippen MR) is 202 cm³/mol. The standard InChI is InChI=1S/C42H47N5O4/c1-4-5-19-45(32-15-7-6-8-16-32)42(50)36-29-47(37-18-12-11-17-34(36)37)38-26-40(51-3)39(48)25-35(38)41(49)46-27-31-14-10-9-13-30(31)24-33(46)28-44-22-20-43(2)21-23-44/h6-18,25-26,29,33,48H,4-5,19-24,27-28H2,1-3H3/t33-/m0/s1. The van der Waals surface area contributed by atoms with Crippen LogP contribution in [0.5, 0.6) is 11.5 Å². The number of likely N-dealkylation sites (N-methyl/N-ethyl adjacent to an activating group) is 1. The largest absolute Gasteiger partial charge is 0.504 e. The molecule has 264 valence electrons. The minimum Gasteiger partial charge on any atom is -0.504 e. The van der Waals surface area contributed by atoms with Crippen LogP contribution >= 0.6 is 0 Å². The molecule has 3 heterocycles. The fraction of sp³-hybridized carbons (Fsp3) is 0.333. The number of aromatic hydroxyl groups is 1. The summed E-state index contributed by atoms with van der Waals surface area (Å²) in [6.07, 6.45) is 4.41. The van der Waals surface area contributed by atoms with Crippen LogP contribution < -0.4 is 9.64 Å². The Labute approximate surface area is 300 Å². The van der Waals surface area contributed by atoms with Gasteiger partial charge in [-0.25, -0.2) is 0 Å². The zero-order valence-corrected chi connectivity index (χ0v) is 29.8. The number of phenolic OH excluding ortho intramolecular Hbond substituents is 1. The highest BCUT2D eigenvalue weighted by Crippen LogP contribution is 2.37. The van der Waals surface area contributed by atoms with Gasteiger partial charge in [-0.2, -0.15) is 0 Å². The number of rotatable bonds is 10. The molecule has 0 saturated carbocycles. The Hall–Kier alpha value is -5.12. The quantitative estimate of drug-likeness (QED) is 0.178. The average Bonchev–Trinajstić information content (AvgIpc) is 3.55. The van der Waals surface area contributed by atoms with Crippen LogP contribution in [0.3, 0.4) is 0 Å². The third kappa shape index (κ3) is 6.96. The molecule has 0 spiro atoms. The third-order valence-corrected chi connectivity index (χ3v) is 10.5. The Morgan fingerprint density at radius 3 is 2.33 bits per heavy atom. The summed E-state index contributed by atoms with van der Waals surface area (Å²) in [5.74, 6) is -0.140. The Bertz CT molecular complexity index is 2020. The smallest absolute Gasteiger partial charge is 0.260 e. The van der Waals surface area contributed by atoms with E-state index in [0.29, 0.717) is 29.9 Å². The van der Waals surface area contributed by atoms with E-state index in [-0.39, 0.29) is 29.4 Å². The molecular weight excluding hydrogens is 638 g/mol. The highest BCUT2D eigenvalue weighted by Gasteiger charge is 2.34. The molecule has 9 heteroatoms.